The average molecular weight is 411 g/mol. The van der Waals surface area contributed by atoms with E-state index in [4.69, 9.17) is 4.74 Å². The van der Waals surface area contributed by atoms with E-state index in [-0.39, 0.29) is 18.6 Å². The average Bonchev–Trinajstić information content (AvgIpc) is 2.99. The van der Waals surface area contributed by atoms with Gasteiger partial charge in [0.25, 0.3) is 11.8 Å². The molecule has 30 heavy (non-hydrogen) atoms. The molecule has 2 aromatic rings. The van der Waals surface area contributed by atoms with Gasteiger partial charge in [-0.25, -0.2) is 4.79 Å². The summed E-state index contributed by atoms with van der Waals surface area (Å²) in [6.45, 7) is 1.10. The highest BCUT2D eigenvalue weighted by Crippen LogP contribution is 2.31. The van der Waals surface area contributed by atoms with Crippen molar-refractivity contribution in [1.82, 2.24) is 15.8 Å². The number of imide groups is 1. The van der Waals surface area contributed by atoms with E-state index in [0.29, 0.717) is 16.1 Å². The fraction of sp³-hybridized carbons (Fsp3) is 0.238. The van der Waals surface area contributed by atoms with E-state index in [9.17, 15) is 24.3 Å². The van der Waals surface area contributed by atoms with Crippen molar-refractivity contribution in [3.05, 3.63) is 65.7 Å². The van der Waals surface area contributed by atoms with Crippen molar-refractivity contribution in [1.29, 1.82) is 0 Å². The Hall–Kier alpha value is -3.88. The van der Waals surface area contributed by atoms with E-state index in [1.807, 2.05) is 0 Å². The lowest BCUT2D eigenvalue weighted by Crippen LogP contribution is -2.49. The van der Waals surface area contributed by atoms with Crippen molar-refractivity contribution < 1.29 is 29.0 Å². The topological polar surface area (TPSA) is 125 Å². The summed E-state index contributed by atoms with van der Waals surface area (Å²) in [5, 5.41) is 12.5. The molecule has 9 nitrogen and oxygen atoms in total. The summed E-state index contributed by atoms with van der Waals surface area (Å²) < 4.78 is 4.90. The molecule has 0 unspecified atom stereocenters. The van der Waals surface area contributed by atoms with Crippen LogP contribution in [-0.4, -0.2) is 40.5 Å². The number of nitrogens with zero attached hydrogens (tertiary/aromatic N) is 1. The number of esters is 1. The molecule has 1 heterocycles. The van der Waals surface area contributed by atoms with Crippen LogP contribution in [0.5, 0.6) is 5.75 Å². The zero-order chi connectivity index (χ0) is 21.7. The first-order valence-electron chi connectivity index (χ1n) is 9.31. The summed E-state index contributed by atoms with van der Waals surface area (Å²) in [5.74, 6) is -2.04. The van der Waals surface area contributed by atoms with Gasteiger partial charge in [0.05, 0.1) is 6.42 Å². The van der Waals surface area contributed by atoms with Crippen LogP contribution in [0.1, 0.15) is 24.5 Å². The number of hydrazine groups is 1. The zero-order valence-corrected chi connectivity index (χ0v) is 16.3. The van der Waals surface area contributed by atoms with Gasteiger partial charge in [0.2, 0.25) is 0 Å². The summed E-state index contributed by atoms with van der Waals surface area (Å²) in [7, 11) is 0. The SMILES string of the molecule is CC[C@@]1(c2ccccc2)NC(=O)N(NC(=O)COC(=O)Cc2ccc(O)cc2)C1=O. The van der Waals surface area contributed by atoms with Gasteiger partial charge in [0.1, 0.15) is 11.3 Å². The number of ether oxygens (including phenoxy) is 1. The lowest BCUT2D eigenvalue weighted by molar-refractivity contribution is -0.150. The monoisotopic (exact) mass is 411 g/mol. The van der Waals surface area contributed by atoms with Crippen LogP contribution in [0.4, 0.5) is 4.79 Å². The molecule has 1 fully saturated rings. The predicted molar refractivity (Wildman–Crippen MR) is 105 cm³/mol. The molecular weight excluding hydrogens is 390 g/mol. The van der Waals surface area contributed by atoms with Crippen molar-refractivity contribution in [2.45, 2.75) is 25.3 Å². The van der Waals surface area contributed by atoms with Crippen molar-refractivity contribution in [2.75, 3.05) is 6.61 Å². The van der Waals surface area contributed by atoms with Crippen LogP contribution < -0.4 is 10.7 Å². The number of urea groups is 1. The van der Waals surface area contributed by atoms with Gasteiger partial charge < -0.3 is 15.2 Å². The normalized spacial score (nSPS) is 18.1. The minimum absolute atomic E-state index is 0.0682. The lowest BCUT2D eigenvalue weighted by atomic mass is 9.87. The lowest BCUT2D eigenvalue weighted by Gasteiger charge is -2.25. The van der Waals surface area contributed by atoms with Gasteiger partial charge in [-0.3, -0.25) is 19.8 Å². The van der Waals surface area contributed by atoms with E-state index in [1.165, 1.54) is 12.1 Å². The number of carbonyl (C=O) groups excluding carboxylic acids is 4. The first-order valence-corrected chi connectivity index (χ1v) is 9.31. The molecule has 3 N–H and O–H groups in total. The second-order valence-electron chi connectivity index (χ2n) is 6.73. The van der Waals surface area contributed by atoms with Crippen molar-refractivity contribution in [3.63, 3.8) is 0 Å². The van der Waals surface area contributed by atoms with Crippen molar-refractivity contribution in [2.24, 2.45) is 0 Å². The number of amides is 4. The predicted octanol–water partition coefficient (Wildman–Crippen LogP) is 1.37. The summed E-state index contributed by atoms with van der Waals surface area (Å²) >= 11 is 0. The standard InChI is InChI=1S/C21H21N3O6/c1-2-21(15-6-4-3-5-7-15)19(28)24(20(29)22-21)23-17(26)13-30-18(27)12-14-8-10-16(25)11-9-14/h3-11,25H,2,12-13H2,1H3,(H,22,29)(H,23,26)/t21-/m0/s1. The van der Waals surface area contributed by atoms with E-state index >= 15 is 0 Å². The molecule has 1 aliphatic heterocycles. The number of phenolic OH excluding ortho intramolecular Hbond substituents is 1. The molecule has 0 radical (unpaired) electrons. The van der Waals surface area contributed by atoms with Gasteiger partial charge in [-0.2, -0.15) is 5.01 Å². The van der Waals surface area contributed by atoms with E-state index in [1.54, 1.807) is 49.4 Å². The Morgan fingerprint density at radius 2 is 1.77 bits per heavy atom. The maximum atomic E-state index is 12.9. The minimum atomic E-state index is -1.28. The third-order valence-corrected chi connectivity index (χ3v) is 4.77. The van der Waals surface area contributed by atoms with E-state index < -0.39 is 36.0 Å². The quantitative estimate of drug-likeness (QED) is 0.467. The second kappa shape index (κ2) is 8.64. The van der Waals surface area contributed by atoms with Crippen molar-refractivity contribution in [3.8, 4) is 5.75 Å². The fourth-order valence-electron chi connectivity index (χ4n) is 3.17. The Balaban J connectivity index is 1.58. The molecule has 1 saturated heterocycles. The maximum Gasteiger partial charge on any atom is 0.344 e. The second-order valence-corrected chi connectivity index (χ2v) is 6.73. The Morgan fingerprint density at radius 3 is 2.40 bits per heavy atom. The highest BCUT2D eigenvalue weighted by Gasteiger charge is 2.52. The summed E-state index contributed by atoms with van der Waals surface area (Å²) in [5.41, 5.74) is 2.11. The number of phenols is 1. The molecule has 1 atom stereocenters. The highest BCUT2D eigenvalue weighted by atomic mass is 16.5. The molecule has 0 spiro atoms. The fourth-order valence-corrected chi connectivity index (χ4v) is 3.17. The Bertz CT molecular complexity index is 960. The molecule has 0 aliphatic carbocycles. The third kappa shape index (κ3) is 4.24. The summed E-state index contributed by atoms with van der Waals surface area (Å²) in [4.78, 5) is 49.2. The van der Waals surface area contributed by atoms with Gasteiger partial charge in [0.15, 0.2) is 6.61 Å². The van der Waals surface area contributed by atoms with Crippen LogP contribution in [-0.2, 0) is 31.1 Å². The van der Waals surface area contributed by atoms with Gasteiger partial charge in [-0.15, -0.1) is 0 Å². The minimum Gasteiger partial charge on any atom is -0.508 e. The molecular formula is C21H21N3O6. The number of nitrogens with one attached hydrogen (secondary N) is 2. The molecule has 0 bridgehead atoms. The van der Waals surface area contributed by atoms with Crippen LogP contribution in [0, 0.1) is 0 Å². The molecule has 9 heteroatoms. The van der Waals surface area contributed by atoms with Crippen LogP contribution in [0.25, 0.3) is 0 Å². The highest BCUT2D eigenvalue weighted by molar-refractivity contribution is 6.08. The van der Waals surface area contributed by atoms with Gasteiger partial charge >= 0.3 is 12.0 Å². The Labute approximate surface area is 172 Å². The molecule has 2 aromatic carbocycles. The van der Waals surface area contributed by atoms with E-state index in [2.05, 4.69) is 10.7 Å². The first kappa shape index (κ1) is 20.8. The summed E-state index contributed by atoms with van der Waals surface area (Å²) in [6.07, 6.45) is 0.194. The van der Waals surface area contributed by atoms with Crippen LogP contribution >= 0.6 is 0 Å². The number of hydrogen-bond donors (Lipinski definition) is 3. The molecule has 3 rings (SSSR count). The van der Waals surface area contributed by atoms with Gasteiger partial charge in [0, 0.05) is 0 Å². The maximum absolute atomic E-state index is 12.9. The molecule has 4 amide bonds. The number of carbonyl (C=O) groups is 4. The zero-order valence-electron chi connectivity index (χ0n) is 16.3. The molecule has 0 aromatic heterocycles. The van der Waals surface area contributed by atoms with E-state index in [0.717, 1.165) is 0 Å². The number of rotatable bonds is 7. The van der Waals surface area contributed by atoms with Gasteiger partial charge in [-0.1, -0.05) is 49.4 Å². The Morgan fingerprint density at radius 1 is 1.10 bits per heavy atom. The molecule has 156 valence electrons. The first-order chi connectivity index (χ1) is 14.4. The molecule has 1 aliphatic rings. The smallest absolute Gasteiger partial charge is 0.344 e. The number of benzene rings is 2. The van der Waals surface area contributed by atoms with Crippen LogP contribution in [0.2, 0.25) is 0 Å². The number of aromatic hydroxyl groups is 1. The van der Waals surface area contributed by atoms with Gasteiger partial charge in [-0.05, 0) is 29.7 Å². The number of hydrogen-bond acceptors (Lipinski definition) is 6. The Kier molecular flexibility index (Phi) is 6.01. The van der Waals surface area contributed by atoms with Crippen LogP contribution in [0.15, 0.2) is 54.6 Å². The largest absolute Gasteiger partial charge is 0.508 e. The third-order valence-electron chi connectivity index (χ3n) is 4.77. The summed E-state index contributed by atoms with van der Waals surface area (Å²) in [6, 6.07) is 13.9. The molecule has 0 saturated carbocycles. The van der Waals surface area contributed by atoms with Crippen LogP contribution in [0.3, 0.4) is 0 Å². The van der Waals surface area contributed by atoms with Crippen molar-refractivity contribution >= 4 is 23.8 Å².